The normalized spacial score (nSPS) is 10.5. The molecular weight excluding hydrogens is 320 g/mol. The van der Waals surface area contributed by atoms with Crippen molar-refractivity contribution >= 4 is 23.2 Å². The maximum Gasteiger partial charge on any atom is 0.291 e. The van der Waals surface area contributed by atoms with Crippen LogP contribution in [0.3, 0.4) is 0 Å². The van der Waals surface area contributed by atoms with E-state index in [9.17, 15) is 9.59 Å². The zero-order valence-corrected chi connectivity index (χ0v) is 14.2. The molecule has 0 aliphatic heterocycles. The Kier molecular flexibility index (Phi) is 4.43. The summed E-state index contributed by atoms with van der Waals surface area (Å²) in [6.45, 7) is 5.45. The van der Waals surface area contributed by atoms with Gasteiger partial charge in [-0.05, 0) is 57.2 Å². The average Bonchev–Trinajstić information content (AvgIpc) is 3.18. The van der Waals surface area contributed by atoms with Crippen LogP contribution in [0.5, 0.6) is 0 Å². The summed E-state index contributed by atoms with van der Waals surface area (Å²) in [6, 6.07) is 10.1. The van der Waals surface area contributed by atoms with Crippen molar-refractivity contribution in [3.8, 4) is 0 Å². The summed E-state index contributed by atoms with van der Waals surface area (Å²) in [5, 5.41) is 5.55. The van der Waals surface area contributed by atoms with Gasteiger partial charge in [0.2, 0.25) is 0 Å². The largest absolute Gasteiger partial charge is 0.466 e. The van der Waals surface area contributed by atoms with Crippen LogP contribution in [0.4, 0.5) is 11.4 Å². The summed E-state index contributed by atoms with van der Waals surface area (Å²) in [5.41, 5.74) is 2.61. The van der Waals surface area contributed by atoms with Gasteiger partial charge in [-0.25, -0.2) is 0 Å². The van der Waals surface area contributed by atoms with Crippen LogP contribution in [0.1, 0.15) is 38.0 Å². The fourth-order valence-corrected chi connectivity index (χ4v) is 2.56. The van der Waals surface area contributed by atoms with Crippen LogP contribution in [-0.4, -0.2) is 11.8 Å². The molecule has 0 bridgehead atoms. The Morgan fingerprint density at radius 2 is 1.44 bits per heavy atom. The summed E-state index contributed by atoms with van der Waals surface area (Å²) in [7, 11) is 0. The fourth-order valence-electron chi connectivity index (χ4n) is 2.56. The number of anilines is 2. The van der Waals surface area contributed by atoms with Crippen molar-refractivity contribution in [3.63, 3.8) is 0 Å². The van der Waals surface area contributed by atoms with Crippen molar-refractivity contribution in [2.75, 3.05) is 10.6 Å². The molecule has 3 rings (SSSR count). The highest BCUT2D eigenvalue weighted by Crippen LogP contribution is 2.22. The summed E-state index contributed by atoms with van der Waals surface area (Å²) in [4.78, 5) is 24.3. The lowest BCUT2D eigenvalue weighted by Crippen LogP contribution is -2.14. The minimum Gasteiger partial charge on any atom is -0.466 e. The molecule has 6 nitrogen and oxygen atoms in total. The Morgan fingerprint density at radius 3 is 1.92 bits per heavy atom. The van der Waals surface area contributed by atoms with Crippen LogP contribution in [0.2, 0.25) is 0 Å². The quantitative estimate of drug-likeness (QED) is 0.742. The molecule has 0 spiro atoms. The first-order chi connectivity index (χ1) is 12.0. The zero-order chi connectivity index (χ0) is 18.0. The minimum atomic E-state index is -0.332. The number of amides is 2. The van der Waals surface area contributed by atoms with Crippen molar-refractivity contribution < 1.29 is 18.4 Å². The Morgan fingerprint density at radius 1 is 0.840 bits per heavy atom. The molecule has 0 radical (unpaired) electrons. The first-order valence-corrected chi connectivity index (χ1v) is 7.78. The number of hydrogen-bond donors (Lipinski definition) is 2. The molecule has 2 aromatic heterocycles. The molecule has 3 aromatic rings. The predicted molar refractivity (Wildman–Crippen MR) is 94.0 cm³/mol. The highest BCUT2D eigenvalue weighted by Gasteiger charge is 2.18. The highest BCUT2D eigenvalue weighted by molar-refractivity contribution is 6.06. The molecule has 2 N–H and O–H groups in total. The smallest absolute Gasteiger partial charge is 0.291 e. The molecule has 2 amide bonds. The number of nitrogens with one attached hydrogen (secondary N) is 2. The molecule has 0 unspecified atom stereocenters. The number of benzene rings is 1. The Hall–Kier alpha value is -3.28. The van der Waals surface area contributed by atoms with Gasteiger partial charge in [-0.3, -0.25) is 9.59 Å². The molecule has 6 heteroatoms. The molecule has 25 heavy (non-hydrogen) atoms. The van der Waals surface area contributed by atoms with E-state index in [0.717, 1.165) is 11.3 Å². The second-order valence-electron chi connectivity index (χ2n) is 5.68. The number of rotatable bonds is 4. The van der Waals surface area contributed by atoms with E-state index in [0.29, 0.717) is 22.7 Å². The Balaban J connectivity index is 1.68. The summed E-state index contributed by atoms with van der Waals surface area (Å²) < 4.78 is 10.5. The van der Waals surface area contributed by atoms with Gasteiger partial charge in [0, 0.05) is 16.9 Å². The molecule has 0 saturated heterocycles. The second-order valence-corrected chi connectivity index (χ2v) is 5.68. The van der Waals surface area contributed by atoms with Crippen LogP contribution in [0, 0.1) is 20.8 Å². The highest BCUT2D eigenvalue weighted by atomic mass is 16.3. The molecule has 0 saturated carbocycles. The van der Waals surface area contributed by atoms with E-state index in [1.165, 1.54) is 6.26 Å². The van der Waals surface area contributed by atoms with Crippen molar-refractivity contribution in [1.82, 2.24) is 0 Å². The van der Waals surface area contributed by atoms with Gasteiger partial charge in [0.15, 0.2) is 5.76 Å². The molecule has 1 aromatic carbocycles. The number of carbonyl (C=O) groups excluding carboxylic acids is 2. The van der Waals surface area contributed by atoms with Crippen LogP contribution < -0.4 is 10.6 Å². The Labute approximate surface area is 144 Å². The van der Waals surface area contributed by atoms with Gasteiger partial charge >= 0.3 is 0 Å². The molecular formula is C19H18N2O4. The van der Waals surface area contributed by atoms with Crippen molar-refractivity contribution in [2.24, 2.45) is 0 Å². The standard InChI is InChI=1S/C19H18N2O4/c1-11-12(2)25-13(3)17(11)19(23)21-15-8-6-14(7-9-15)20-18(22)16-5-4-10-24-16/h4-10H,1-3H3,(H,20,22)(H,21,23). The zero-order valence-electron chi connectivity index (χ0n) is 14.2. The third-order valence-electron chi connectivity index (χ3n) is 3.93. The van der Waals surface area contributed by atoms with E-state index >= 15 is 0 Å². The van der Waals surface area contributed by atoms with Gasteiger partial charge in [0.25, 0.3) is 11.8 Å². The van der Waals surface area contributed by atoms with Gasteiger partial charge in [-0.2, -0.15) is 0 Å². The monoisotopic (exact) mass is 338 g/mol. The Bertz CT molecular complexity index is 906. The molecule has 0 fully saturated rings. The molecule has 0 atom stereocenters. The third-order valence-corrected chi connectivity index (χ3v) is 3.93. The number of aryl methyl sites for hydroxylation is 2. The first kappa shape index (κ1) is 16.6. The van der Waals surface area contributed by atoms with E-state index < -0.39 is 0 Å². The average molecular weight is 338 g/mol. The second kappa shape index (κ2) is 6.68. The maximum absolute atomic E-state index is 12.4. The van der Waals surface area contributed by atoms with E-state index in [4.69, 9.17) is 8.83 Å². The third kappa shape index (κ3) is 3.47. The lowest BCUT2D eigenvalue weighted by molar-refractivity contribution is 0.0994. The maximum atomic E-state index is 12.4. The number of furan rings is 2. The van der Waals surface area contributed by atoms with Crippen molar-refractivity contribution in [1.29, 1.82) is 0 Å². The van der Waals surface area contributed by atoms with Crippen LogP contribution >= 0.6 is 0 Å². The molecule has 0 aliphatic carbocycles. The van der Waals surface area contributed by atoms with E-state index in [-0.39, 0.29) is 17.6 Å². The molecule has 128 valence electrons. The number of carbonyl (C=O) groups is 2. The van der Waals surface area contributed by atoms with E-state index in [1.54, 1.807) is 43.3 Å². The van der Waals surface area contributed by atoms with Gasteiger partial charge in [0.1, 0.15) is 11.5 Å². The van der Waals surface area contributed by atoms with Crippen molar-refractivity contribution in [2.45, 2.75) is 20.8 Å². The summed E-state index contributed by atoms with van der Waals surface area (Å²) in [6.07, 6.45) is 1.44. The van der Waals surface area contributed by atoms with Gasteiger partial charge in [-0.1, -0.05) is 0 Å². The van der Waals surface area contributed by atoms with Crippen LogP contribution in [0.15, 0.2) is 51.5 Å². The van der Waals surface area contributed by atoms with Crippen LogP contribution in [0.25, 0.3) is 0 Å². The first-order valence-electron chi connectivity index (χ1n) is 7.78. The van der Waals surface area contributed by atoms with Crippen LogP contribution in [-0.2, 0) is 0 Å². The van der Waals surface area contributed by atoms with E-state index in [2.05, 4.69) is 10.6 Å². The lowest BCUT2D eigenvalue weighted by Gasteiger charge is -2.07. The predicted octanol–water partition coefficient (Wildman–Crippen LogP) is 4.30. The molecule has 2 heterocycles. The van der Waals surface area contributed by atoms with Crippen molar-refractivity contribution in [3.05, 3.63) is 71.1 Å². The summed E-state index contributed by atoms with van der Waals surface area (Å²) >= 11 is 0. The fraction of sp³-hybridized carbons (Fsp3) is 0.158. The SMILES string of the molecule is Cc1oc(C)c(C(=O)Nc2ccc(NC(=O)c3ccco3)cc2)c1C. The van der Waals surface area contributed by atoms with Gasteiger partial charge in [-0.15, -0.1) is 0 Å². The minimum absolute atomic E-state index is 0.223. The van der Waals surface area contributed by atoms with E-state index in [1.807, 2.05) is 13.8 Å². The lowest BCUT2D eigenvalue weighted by atomic mass is 10.1. The van der Waals surface area contributed by atoms with Gasteiger partial charge < -0.3 is 19.5 Å². The molecule has 0 aliphatic rings. The topological polar surface area (TPSA) is 84.5 Å². The summed E-state index contributed by atoms with van der Waals surface area (Å²) in [5.74, 6) is 1.01. The van der Waals surface area contributed by atoms with Gasteiger partial charge in [0.05, 0.1) is 11.8 Å². The number of hydrogen-bond acceptors (Lipinski definition) is 4.